The Morgan fingerprint density at radius 2 is 1.61 bits per heavy atom. The highest BCUT2D eigenvalue weighted by atomic mass is 16.5. The first-order valence-electron chi connectivity index (χ1n) is 14.3. The van der Waals surface area contributed by atoms with Crippen LogP contribution in [0, 0.1) is 31.6 Å². The first-order valence-corrected chi connectivity index (χ1v) is 14.3. The summed E-state index contributed by atoms with van der Waals surface area (Å²) in [4.78, 5) is 23.6. The predicted octanol–water partition coefficient (Wildman–Crippen LogP) is 8.55. The van der Waals surface area contributed by atoms with Gasteiger partial charge in [0.2, 0.25) is 5.91 Å². The molecule has 0 aromatic heterocycles. The normalized spacial score (nSPS) is 16.5. The Hall–Kier alpha value is -2.82. The Bertz CT molecular complexity index is 1020. The topological polar surface area (TPSA) is 81.4 Å². The van der Waals surface area contributed by atoms with Gasteiger partial charge < -0.3 is 15.8 Å². The number of carbonyl (C=O) groups is 2. The number of carbonyl (C=O) groups excluding carboxylic acids is 2. The van der Waals surface area contributed by atoms with Crippen molar-refractivity contribution in [2.75, 3.05) is 18.2 Å². The summed E-state index contributed by atoms with van der Waals surface area (Å²) < 4.78 is 5.29. The minimum Gasteiger partial charge on any atom is -0.496 e. The van der Waals surface area contributed by atoms with E-state index >= 15 is 0 Å². The lowest BCUT2D eigenvalue weighted by Crippen LogP contribution is -2.27. The maximum Gasteiger partial charge on any atom is 0.227 e. The van der Waals surface area contributed by atoms with Crippen LogP contribution in [-0.2, 0) is 11.2 Å². The van der Waals surface area contributed by atoms with Crippen LogP contribution in [0.4, 0.5) is 11.4 Å². The van der Waals surface area contributed by atoms with E-state index in [0.29, 0.717) is 5.69 Å². The molecule has 0 atom stereocenters. The number of methoxy groups -OCH3 is 1. The number of benzene rings is 2. The van der Waals surface area contributed by atoms with Gasteiger partial charge in [-0.05, 0) is 99.6 Å². The number of rotatable bonds is 7. The van der Waals surface area contributed by atoms with Crippen LogP contribution < -0.4 is 15.8 Å². The van der Waals surface area contributed by atoms with E-state index in [1.807, 2.05) is 45.0 Å². The van der Waals surface area contributed by atoms with Gasteiger partial charge in [-0.15, -0.1) is 0 Å². The van der Waals surface area contributed by atoms with Gasteiger partial charge in [0.15, 0.2) is 5.78 Å². The lowest BCUT2D eigenvalue weighted by atomic mass is 9.80. The third kappa shape index (κ3) is 10.9. The van der Waals surface area contributed by atoms with Gasteiger partial charge in [-0.25, -0.2) is 0 Å². The molecule has 0 unspecified atom stereocenters. The Labute approximate surface area is 231 Å². The molecule has 3 rings (SSSR count). The Morgan fingerprint density at radius 1 is 1.00 bits per heavy atom. The average molecular weight is 525 g/mol. The molecule has 1 aliphatic rings. The van der Waals surface area contributed by atoms with Gasteiger partial charge in [-0.3, -0.25) is 9.59 Å². The molecule has 38 heavy (non-hydrogen) atoms. The zero-order chi connectivity index (χ0) is 28.8. The van der Waals surface area contributed by atoms with Gasteiger partial charge in [-0.2, -0.15) is 0 Å². The van der Waals surface area contributed by atoms with Gasteiger partial charge in [0.05, 0.1) is 7.11 Å². The standard InChI is InChI=1S/C17H25NO2.C11H15NO.C5H12/c1-4-13-6-8-14(9-7-13)17(19)18-15-10-5-12(2)16(11-15)20-3;1-4-10-7(2)5-9(12)6-11(10)8(3)13;1-4-5(2)3/h5,10-11,13-14H,4,6-9H2,1-3H3,(H,18,19);5-6H,4,12H2,1-3H3;5H,4H2,1-3H3. The zero-order valence-corrected chi connectivity index (χ0v) is 25.4. The molecule has 1 saturated carbocycles. The number of aryl methyl sites for hydroxylation is 2. The summed E-state index contributed by atoms with van der Waals surface area (Å²) in [5.41, 5.74) is 11.2. The molecule has 5 heteroatoms. The molecule has 212 valence electrons. The van der Waals surface area contributed by atoms with E-state index in [1.165, 1.54) is 25.7 Å². The first-order chi connectivity index (χ1) is 18.0. The van der Waals surface area contributed by atoms with Crippen LogP contribution in [0.1, 0.15) is 107 Å². The van der Waals surface area contributed by atoms with E-state index in [4.69, 9.17) is 10.5 Å². The Kier molecular flexibility index (Phi) is 14.8. The summed E-state index contributed by atoms with van der Waals surface area (Å²) in [6, 6.07) is 9.47. The second-order valence-corrected chi connectivity index (χ2v) is 10.9. The van der Waals surface area contributed by atoms with Crippen LogP contribution in [0.5, 0.6) is 5.75 Å². The van der Waals surface area contributed by atoms with E-state index < -0.39 is 0 Å². The molecule has 1 aliphatic carbocycles. The molecule has 1 amide bonds. The number of nitrogen functional groups attached to an aromatic ring is 1. The molecule has 5 nitrogen and oxygen atoms in total. The highest BCUT2D eigenvalue weighted by Gasteiger charge is 2.25. The van der Waals surface area contributed by atoms with Crippen molar-refractivity contribution >= 4 is 23.1 Å². The molecule has 1 fully saturated rings. The number of Topliss-reactive ketones (excluding diaryl/α,β-unsaturated/α-hetero) is 1. The van der Waals surface area contributed by atoms with Crippen molar-refractivity contribution in [2.24, 2.45) is 17.8 Å². The molecule has 0 heterocycles. The Morgan fingerprint density at radius 3 is 2.08 bits per heavy atom. The highest BCUT2D eigenvalue weighted by Crippen LogP contribution is 2.32. The Balaban J connectivity index is 0.000000343. The smallest absolute Gasteiger partial charge is 0.227 e. The molecule has 2 aromatic carbocycles. The number of ether oxygens (including phenoxy) is 1. The molecule has 0 radical (unpaired) electrons. The lowest BCUT2D eigenvalue weighted by molar-refractivity contribution is -0.121. The first kappa shape index (κ1) is 33.2. The van der Waals surface area contributed by atoms with Gasteiger partial charge in [-0.1, -0.05) is 53.5 Å². The minimum absolute atomic E-state index is 0.0900. The van der Waals surface area contributed by atoms with E-state index in [0.717, 1.165) is 64.8 Å². The van der Waals surface area contributed by atoms with Crippen molar-refractivity contribution in [3.8, 4) is 5.75 Å². The summed E-state index contributed by atoms with van der Waals surface area (Å²) in [6.45, 7) is 16.5. The largest absolute Gasteiger partial charge is 0.496 e. The summed E-state index contributed by atoms with van der Waals surface area (Å²) in [6.07, 6.45) is 7.84. The molecule has 0 saturated heterocycles. The maximum atomic E-state index is 12.3. The summed E-state index contributed by atoms with van der Waals surface area (Å²) >= 11 is 0. The monoisotopic (exact) mass is 524 g/mol. The van der Waals surface area contributed by atoms with Crippen molar-refractivity contribution in [3.05, 3.63) is 52.6 Å². The fraction of sp³-hybridized carbons (Fsp3) is 0.576. The van der Waals surface area contributed by atoms with Crippen LogP contribution >= 0.6 is 0 Å². The van der Waals surface area contributed by atoms with Crippen molar-refractivity contribution in [1.82, 2.24) is 0 Å². The number of anilines is 2. The number of nitrogens with two attached hydrogens (primary N) is 1. The van der Waals surface area contributed by atoms with Crippen LogP contribution in [0.15, 0.2) is 30.3 Å². The lowest BCUT2D eigenvalue weighted by Gasteiger charge is -2.27. The number of hydrogen-bond acceptors (Lipinski definition) is 4. The molecule has 2 aromatic rings. The molecular weight excluding hydrogens is 472 g/mol. The van der Waals surface area contributed by atoms with E-state index in [2.05, 4.69) is 33.0 Å². The third-order valence-corrected chi connectivity index (χ3v) is 7.52. The summed E-state index contributed by atoms with van der Waals surface area (Å²) in [5, 5.41) is 3.03. The van der Waals surface area contributed by atoms with E-state index in [9.17, 15) is 9.59 Å². The molecule has 0 aliphatic heterocycles. The van der Waals surface area contributed by atoms with Crippen LogP contribution in [-0.4, -0.2) is 18.8 Å². The quantitative estimate of drug-likeness (QED) is 0.281. The van der Waals surface area contributed by atoms with Crippen molar-refractivity contribution in [2.45, 2.75) is 100 Å². The number of nitrogens with one attached hydrogen (secondary N) is 1. The average Bonchev–Trinajstić information content (AvgIpc) is 2.90. The molecular formula is C33H52N2O3. The number of amides is 1. The second kappa shape index (κ2) is 16.9. The van der Waals surface area contributed by atoms with E-state index in [-0.39, 0.29) is 17.6 Å². The SMILES string of the molecule is CCC(C)C.CCC1CCC(C(=O)Nc2ccc(C)c(OC)c2)CC1.CCc1c(C)cc(N)cc1C(C)=O. The van der Waals surface area contributed by atoms with Gasteiger partial charge in [0.1, 0.15) is 5.75 Å². The number of ketones is 1. The van der Waals surface area contributed by atoms with E-state index in [1.54, 1.807) is 20.1 Å². The third-order valence-electron chi connectivity index (χ3n) is 7.52. The van der Waals surface area contributed by atoms with Crippen molar-refractivity contribution in [3.63, 3.8) is 0 Å². The molecule has 0 bridgehead atoms. The molecule has 0 spiro atoms. The fourth-order valence-electron chi connectivity index (χ4n) is 4.60. The highest BCUT2D eigenvalue weighted by molar-refractivity contribution is 5.96. The maximum absolute atomic E-state index is 12.3. The van der Waals surface area contributed by atoms with Gasteiger partial charge in [0.25, 0.3) is 0 Å². The van der Waals surface area contributed by atoms with Crippen LogP contribution in [0.2, 0.25) is 0 Å². The minimum atomic E-state index is 0.0900. The van der Waals surface area contributed by atoms with Crippen molar-refractivity contribution in [1.29, 1.82) is 0 Å². The second-order valence-electron chi connectivity index (χ2n) is 10.9. The fourth-order valence-corrected chi connectivity index (χ4v) is 4.60. The summed E-state index contributed by atoms with van der Waals surface area (Å²) in [5.74, 6) is 2.94. The molecule has 3 N–H and O–H groups in total. The summed E-state index contributed by atoms with van der Waals surface area (Å²) in [7, 11) is 1.65. The van der Waals surface area contributed by atoms with Crippen LogP contribution in [0.3, 0.4) is 0 Å². The van der Waals surface area contributed by atoms with Crippen LogP contribution in [0.25, 0.3) is 0 Å². The predicted molar refractivity (Wildman–Crippen MR) is 162 cm³/mol. The van der Waals surface area contributed by atoms with Crippen molar-refractivity contribution < 1.29 is 14.3 Å². The van der Waals surface area contributed by atoms with Gasteiger partial charge >= 0.3 is 0 Å². The number of hydrogen-bond donors (Lipinski definition) is 2. The zero-order valence-electron chi connectivity index (χ0n) is 25.4. The van der Waals surface area contributed by atoms with Gasteiger partial charge in [0, 0.05) is 28.9 Å².